The van der Waals surface area contributed by atoms with Crippen LogP contribution in [0, 0.1) is 6.92 Å². The molecule has 3 aromatic carbocycles. The van der Waals surface area contributed by atoms with Crippen molar-refractivity contribution in [3.63, 3.8) is 0 Å². The summed E-state index contributed by atoms with van der Waals surface area (Å²) in [6, 6.07) is 12.5. The molecule has 0 aliphatic heterocycles. The molecule has 2 heteroatoms. The lowest BCUT2D eigenvalue weighted by Crippen LogP contribution is -2.03. The van der Waals surface area contributed by atoms with Crippen LogP contribution >= 0.6 is 0 Å². The van der Waals surface area contributed by atoms with E-state index in [9.17, 15) is 0 Å². The number of nitrogens with one attached hydrogen (secondary N) is 1. The van der Waals surface area contributed by atoms with Gasteiger partial charge in [-0.2, -0.15) is 5.10 Å². The molecular formula is C16H12N2. The zero-order valence-electron chi connectivity index (χ0n) is 10.1. The largest absolute Gasteiger partial charge is 0.277 e. The Morgan fingerprint density at radius 2 is 1.78 bits per heavy atom. The molecule has 0 unspecified atom stereocenters. The molecule has 1 heterocycles. The normalized spacial score (nSPS) is 11.8. The van der Waals surface area contributed by atoms with Crippen molar-refractivity contribution in [1.29, 1.82) is 0 Å². The molecule has 1 N–H and O–H groups in total. The summed E-state index contributed by atoms with van der Waals surface area (Å²) in [6.45, 7) is 6.41. The van der Waals surface area contributed by atoms with Gasteiger partial charge in [-0.3, -0.25) is 5.10 Å². The first kappa shape index (κ1) is 9.66. The molecule has 0 spiro atoms. The van der Waals surface area contributed by atoms with E-state index in [0.29, 0.717) is 0 Å². The Labute approximate surface area is 104 Å². The molecule has 0 atom stereocenters. The molecule has 2 nitrogen and oxygen atoms in total. The highest BCUT2D eigenvalue weighted by Gasteiger charge is 2.12. The zero-order chi connectivity index (χ0) is 12.3. The molecule has 86 valence electrons. The van der Waals surface area contributed by atoms with Gasteiger partial charge in [-0.05, 0) is 34.5 Å². The van der Waals surface area contributed by atoms with E-state index in [0.717, 1.165) is 16.3 Å². The zero-order valence-corrected chi connectivity index (χ0v) is 10.1. The Morgan fingerprint density at radius 3 is 2.61 bits per heavy atom. The van der Waals surface area contributed by atoms with Crippen LogP contribution in [0.2, 0.25) is 0 Å². The average Bonchev–Trinajstić information content (AvgIpc) is 2.82. The Hall–Kier alpha value is -2.35. The van der Waals surface area contributed by atoms with Gasteiger partial charge in [0.05, 0.1) is 5.52 Å². The third-order valence-electron chi connectivity index (χ3n) is 3.75. The third-order valence-corrected chi connectivity index (χ3v) is 3.75. The summed E-state index contributed by atoms with van der Waals surface area (Å²) in [5.41, 5.74) is 3.39. The van der Waals surface area contributed by atoms with Gasteiger partial charge in [-0.1, -0.05) is 36.9 Å². The summed E-state index contributed by atoms with van der Waals surface area (Å²) in [6.07, 6.45) is 0. The second kappa shape index (κ2) is 3.10. The minimum Gasteiger partial charge on any atom is -0.277 e. The highest BCUT2D eigenvalue weighted by Crippen LogP contribution is 2.30. The minimum absolute atomic E-state index is 1.05. The molecule has 0 bridgehead atoms. The van der Waals surface area contributed by atoms with Gasteiger partial charge in [0.1, 0.15) is 5.52 Å². The molecule has 0 fully saturated rings. The van der Waals surface area contributed by atoms with Crippen LogP contribution in [0.3, 0.4) is 0 Å². The Bertz CT molecular complexity index is 948. The first-order chi connectivity index (χ1) is 8.77. The number of rotatable bonds is 0. The topological polar surface area (TPSA) is 28.7 Å². The van der Waals surface area contributed by atoms with Crippen LogP contribution in [-0.2, 0) is 0 Å². The Balaban J connectivity index is 2.53. The molecular weight excluding hydrogens is 220 g/mol. The standard InChI is InChI=1S/C16H12N2/c1-9-7-8-13-15-14(9)10(2)11-5-3-4-6-12(11)16(15)18-17-13/h3-8H,2H2,1H3,(H,17,18). The lowest BCUT2D eigenvalue weighted by Gasteiger charge is -2.06. The minimum atomic E-state index is 1.05. The maximum absolute atomic E-state index is 4.48. The van der Waals surface area contributed by atoms with Crippen LogP contribution in [0.5, 0.6) is 0 Å². The summed E-state index contributed by atoms with van der Waals surface area (Å²) in [4.78, 5) is 0. The fourth-order valence-corrected chi connectivity index (χ4v) is 2.89. The van der Waals surface area contributed by atoms with Gasteiger partial charge in [-0.15, -0.1) is 0 Å². The fourth-order valence-electron chi connectivity index (χ4n) is 2.89. The van der Waals surface area contributed by atoms with E-state index < -0.39 is 0 Å². The van der Waals surface area contributed by atoms with Crippen molar-refractivity contribution < 1.29 is 0 Å². The number of aryl methyl sites for hydroxylation is 1. The maximum atomic E-state index is 4.48. The third kappa shape index (κ3) is 1.00. The molecule has 4 aromatic rings. The first-order valence-electron chi connectivity index (χ1n) is 6.04. The molecule has 18 heavy (non-hydrogen) atoms. The van der Waals surface area contributed by atoms with Crippen LogP contribution in [0.4, 0.5) is 0 Å². The fraction of sp³-hybridized carbons (Fsp3) is 0.0625. The molecule has 0 saturated carbocycles. The lowest BCUT2D eigenvalue weighted by molar-refractivity contribution is 1.15. The summed E-state index contributed by atoms with van der Waals surface area (Å²) in [5.74, 6) is 0. The number of hydrogen-bond acceptors (Lipinski definition) is 1. The van der Waals surface area contributed by atoms with Gasteiger partial charge >= 0.3 is 0 Å². The second-order valence-corrected chi connectivity index (χ2v) is 4.78. The monoisotopic (exact) mass is 232 g/mol. The highest BCUT2D eigenvalue weighted by atomic mass is 15.1. The molecule has 0 radical (unpaired) electrons. The van der Waals surface area contributed by atoms with Crippen LogP contribution in [0.1, 0.15) is 5.56 Å². The number of aromatic amines is 1. The molecule has 1 aromatic heterocycles. The van der Waals surface area contributed by atoms with Crippen LogP contribution in [-0.4, -0.2) is 10.2 Å². The van der Waals surface area contributed by atoms with E-state index in [1.807, 2.05) is 6.07 Å². The molecule has 4 rings (SSSR count). The van der Waals surface area contributed by atoms with Crippen molar-refractivity contribution >= 4 is 39.2 Å². The molecule has 0 aliphatic rings. The second-order valence-electron chi connectivity index (χ2n) is 4.78. The number of fused-ring (bicyclic) bond motifs is 2. The average molecular weight is 232 g/mol. The van der Waals surface area contributed by atoms with Crippen molar-refractivity contribution in [2.75, 3.05) is 0 Å². The highest BCUT2D eigenvalue weighted by molar-refractivity contribution is 6.20. The van der Waals surface area contributed by atoms with E-state index in [1.165, 1.54) is 27.1 Å². The predicted molar refractivity (Wildman–Crippen MR) is 76.6 cm³/mol. The van der Waals surface area contributed by atoms with E-state index in [-0.39, 0.29) is 0 Å². The summed E-state index contributed by atoms with van der Waals surface area (Å²) in [7, 11) is 0. The lowest BCUT2D eigenvalue weighted by atomic mass is 9.96. The SMILES string of the molecule is C=c1c2ccccc2c2n[nH]c3ccc(C)c1c32. The number of H-pyrrole nitrogens is 1. The van der Waals surface area contributed by atoms with Gasteiger partial charge in [0, 0.05) is 10.8 Å². The van der Waals surface area contributed by atoms with Gasteiger partial charge in [0.15, 0.2) is 0 Å². The van der Waals surface area contributed by atoms with Gasteiger partial charge < -0.3 is 0 Å². The summed E-state index contributed by atoms with van der Waals surface area (Å²) < 4.78 is 0. The van der Waals surface area contributed by atoms with Crippen molar-refractivity contribution in [3.05, 3.63) is 47.2 Å². The Kier molecular flexibility index (Phi) is 1.67. The van der Waals surface area contributed by atoms with Crippen molar-refractivity contribution in [2.24, 2.45) is 0 Å². The van der Waals surface area contributed by atoms with Crippen molar-refractivity contribution in [2.45, 2.75) is 6.92 Å². The molecule has 0 saturated heterocycles. The van der Waals surface area contributed by atoms with Crippen molar-refractivity contribution in [3.8, 4) is 0 Å². The number of nitrogens with zero attached hydrogens (tertiary/aromatic N) is 1. The smallest absolute Gasteiger partial charge is 0.101 e. The summed E-state index contributed by atoms with van der Waals surface area (Å²) in [5, 5.41) is 13.5. The van der Waals surface area contributed by atoms with Gasteiger partial charge in [0.25, 0.3) is 0 Å². The maximum Gasteiger partial charge on any atom is 0.101 e. The quantitative estimate of drug-likeness (QED) is 0.463. The van der Waals surface area contributed by atoms with Crippen LogP contribution in [0.25, 0.3) is 39.2 Å². The molecule has 0 amide bonds. The van der Waals surface area contributed by atoms with Gasteiger partial charge in [0.2, 0.25) is 0 Å². The molecule has 0 aliphatic carbocycles. The van der Waals surface area contributed by atoms with E-state index >= 15 is 0 Å². The van der Waals surface area contributed by atoms with Crippen LogP contribution in [0.15, 0.2) is 36.4 Å². The van der Waals surface area contributed by atoms with E-state index in [2.05, 4.69) is 54.0 Å². The Morgan fingerprint density at radius 1 is 1.00 bits per heavy atom. The number of hydrogen-bond donors (Lipinski definition) is 1. The van der Waals surface area contributed by atoms with E-state index in [1.54, 1.807) is 0 Å². The van der Waals surface area contributed by atoms with Crippen molar-refractivity contribution in [1.82, 2.24) is 10.2 Å². The summed E-state index contributed by atoms with van der Waals surface area (Å²) >= 11 is 0. The van der Waals surface area contributed by atoms with Gasteiger partial charge in [-0.25, -0.2) is 0 Å². The van der Waals surface area contributed by atoms with Crippen LogP contribution < -0.4 is 5.22 Å². The first-order valence-corrected chi connectivity index (χ1v) is 6.04. The number of benzene rings is 3. The predicted octanol–water partition coefficient (Wildman–Crippen LogP) is 3.31. The number of aromatic nitrogens is 2. The van der Waals surface area contributed by atoms with E-state index in [4.69, 9.17) is 0 Å².